The Morgan fingerprint density at radius 3 is 2.54 bits per heavy atom. The standard InChI is InChI=1S/C20H21N7O2.C9H12O/c1-5-22-18(21-4)14-8-13(12-7-11(3)24-16(28)10-12)9-15-17(14)26-19(25-15)27-20(29)23-6-2;1-3-8-5-4-6-9(7-8)10-2/h5,7-10H,1,4,6H2,2-3H3,(H,24,28)(H3,23,25,26,27,29);4-7H,3H2,1-2H3. The van der Waals surface area contributed by atoms with Gasteiger partial charge in [0.25, 0.3) is 0 Å². The van der Waals surface area contributed by atoms with Crippen LogP contribution in [-0.4, -0.2) is 47.2 Å². The van der Waals surface area contributed by atoms with Crippen LogP contribution in [0.3, 0.4) is 0 Å². The van der Waals surface area contributed by atoms with Crippen LogP contribution in [0, 0.1) is 6.92 Å². The zero-order valence-corrected chi connectivity index (χ0v) is 22.6. The monoisotopic (exact) mass is 527 g/mol. The number of nitrogens with zero attached hydrogens (tertiary/aromatic N) is 3. The number of hydrogen-bond acceptors (Lipinski definition) is 5. The van der Waals surface area contributed by atoms with E-state index in [0.717, 1.165) is 29.0 Å². The van der Waals surface area contributed by atoms with E-state index in [1.54, 1.807) is 7.11 Å². The summed E-state index contributed by atoms with van der Waals surface area (Å²) in [6, 6.07) is 14.8. The van der Waals surface area contributed by atoms with Crippen LogP contribution in [0.5, 0.6) is 5.75 Å². The van der Waals surface area contributed by atoms with Crippen LogP contribution in [0.1, 0.15) is 30.7 Å². The van der Waals surface area contributed by atoms with Gasteiger partial charge in [-0.05, 0) is 74.0 Å². The molecular weight excluding hydrogens is 494 g/mol. The summed E-state index contributed by atoms with van der Waals surface area (Å²) in [7, 11) is 1.69. The number of fused-ring (bicyclic) bond motifs is 1. The summed E-state index contributed by atoms with van der Waals surface area (Å²) in [6.45, 7) is 13.4. The smallest absolute Gasteiger partial charge is 0.321 e. The van der Waals surface area contributed by atoms with Crippen molar-refractivity contribution in [3.63, 3.8) is 0 Å². The summed E-state index contributed by atoms with van der Waals surface area (Å²) in [5.74, 6) is 1.54. The second-order valence-corrected chi connectivity index (χ2v) is 8.40. The Hall–Kier alpha value is -4.99. The van der Waals surface area contributed by atoms with Gasteiger partial charge in [0.15, 0.2) is 5.84 Å². The van der Waals surface area contributed by atoms with E-state index in [4.69, 9.17) is 4.74 Å². The number of ether oxygens (including phenoxy) is 1. The molecule has 2 amide bonds. The number of aryl methyl sites for hydroxylation is 2. The molecule has 0 bridgehead atoms. The number of aromatic amines is 2. The van der Waals surface area contributed by atoms with Crippen LogP contribution in [0.2, 0.25) is 0 Å². The molecular formula is C29H33N7O3. The number of carbonyl (C=O) groups is 1. The number of aromatic nitrogens is 3. The molecule has 0 aliphatic carbocycles. The Bertz CT molecular complexity index is 1550. The Labute approximate surface area is 227 Å². The molecule has 4 aromatic rings. The van der Waals surface area contributed by atoms with Crippen molar-refractivity contribution in [3.05, 3.63) is 88.5 Å². The van der Waals surface area contributed by atoms with Gasteiger partial charge in [-0.15, -0.1) is 0 Å². The molecule has 2 aromatic heterocycles. The first-order valence-electron chi connectivity index (χ1n) is 12.4. The maximum absolute atomic E-state index is 11.9. The number of benzene rings is 2. The second-order valence-electron chi connectivity index (χ2n) is 8.40. The van der Waals surface area contributed by atoms with Gasteiger partial charge in [0, 0.05) is 30.1 Å². The Balaban J connectivity index is 0.000000353. The van der Waals surface area contributed by atoms with Crippen LogP contribution in [0.4, 0.5) is 10.7 Å². The zero-order valence-electron chi connectivity index (χ0n) is 22.6. The number of imidazole rings is 1. The summed E-state index contributed by atoms with van der Waals surface area (Å²) in [6.07, 6.45) is 2.43. The number of amides is 2. The second kappa shape index (κ2) is 13.5. The third-order valence-electron chi connectivity index (χ3n) is 5.61. The Morgan fingerprint density at radius 1 is 1.13 bits per heavy atom. The van der Waals surface area contributed by atoms with Gasteiger partial charge in [0.05, 0.1) is 12.6 Å². The molecule has 202 valence electrons. The van der Waals surface area contributed by atoms with E-state index in [2.05, 4.69) is 67.9 Å². The number of pyridine rings is 1. The predicted molar refractivity (Wildman–Crippen MR) is 158 cm³/mol. The maximum atomic E-state index is 11.9. The lowest BCUT2D eigenvalue weighted by atomic mass is 10.0. The van der Waals surface area contributed by atoms with Gasteiger partial charge in [0.2, 0.25) is 11.5 Å². The molecule has 10 heteroatoms. The summed E-state index contributed by atoms with van der Waals surface area (Å²) in [5.41, 5.74) is 5.12. The molecule has 2 aromatic carbocycles. The molecule has 0 unspecified atom stereocenters. The lowest BCUT2D eigenvalue weighted by Gasteiger charge is -2.07. The Kier molecular flexibility index (Phi) is 9.91. The average molecular weight is 528 g/mol. The number of hydrogen-bond donors (Lipinski definition) is 4. The number of H-pyrrole nitrogens is 2. The third-order valence-corrected chi connectivity index (χ3v) is 5.61. The fourth-order valence-electron chi connectivity index (χ4n) is 3.85. The summed E-state index contributed by atoms with van der Waals surface area (Å²) >= 11 is 0. The number of amidine groups is 1. The number of urea groups is 1. The first-order valence-corrected chi connectivity index (χ1v) is 12.4. The van der Waals surface area contributed by atoms with Gasteiger partial charge < -0.3 is 20.0 Å². The highest BCUT2D eigenvalue weighted by Gasteiger charge is 2.16. The van der Waals surface area contributed by atoms with Gasteiger partial charge in [-0.3, -0.25) is 10.1 Å². The maximum Gasteiger partial charge on any atom is 0.321 e. The molecule has 0 aliphatic rings. The molecule has 0 atom stereocenters. The van der Waals surface area contributed by atoms with Crippen molar-refractivity contribution >= 4 is 35.6 Å². The van der Waals surface area contributed by atoms with Crippen molar-refractivity contribution in [2.24, 2.45) is 9.98 Å². The van der Waals surface area contributed by atoms with Gasteiger partial charge in [-0.2, -0.15) is 0 Å². The van der Waals surface area contributed by atoms with Crippen molar-refractivity contribution < 1.29 is 9.53 Å². The fourth-order valence-corrected chi connectivity index (χ4v) is 3.85. The molecule has 0 saturated carbocycles. The van der Waals surface area contributed by atoms with Gasteiger partial charge >= 0.3 is 6.03 Å². The topological polar surface area (TPSA) is 137 Å². The highest BCUT2D eigenvalue weighted by atomic mass is 16.5. The van der Waals surface area contributed by atoms with E-state index in [1.165, 1.54) is 17.8 Å². The van der Waals surface area contributed by atoms with Crippen LogP contribution in [0.25, 0.3) is 22.2 Å². The van der Waals surface area contributed by atoms with E-state index in [9.17, 15) is 9.59 Å². The lowest BCUT2D eigenvalue weighted by molar-refractivity contribution is 0.252. The van der Waals surface area contributed by atoms with Crippen LogP contribution in [-0.2, 0) is 6.42 Å². The number of methoxy groups -OCH3 is 1. The zero-order chi connectivity index (χ0) is 28.4. The van der Waals surface area contributed by atoms with Crippen molar-refractivity contribution in [1.29, 1.82) is 0 Å². The number of carbonyl (C=O) groups excluding carboxylic acids is 1. The quantitative estimate of drug-likeness (QED) is 0.194. The Morgan fingerprint density at radius 2 is 1.90 bits per heavy atom. The van der Waals surface area contributed by atoms with Gasteiger partial charge in [-0.25, -0.2) is 19.8 Å². The number of anilines is 1. The average Bonchev–Trinajstić information content (AvgIpc) is 3.33. The molecule has 0 radical (unpaired) electrons. The SMILES string of the molecule is C=CN=C(N=C)c1cc(-c2cc(C)[nH]c(=O)c2)cc2[nH]c(NC(=O)NCC)nc12.CCc1cccc(OC)c1. The number of nitrogens with one attached hydrogen (secondary N) is 4. The van der Waals surface area contributed by atoms with E-state index >= 15 is 0 Å². The third kappa shape index (κ3) is 7.51. The highest BCUT2D eigenvalue weighted by Crippen LogP contribution is 2.28. The predicted octanol–water partition coefficient (Wildman–Crippen LogP) is 5.22. The van der Waals surface area contributed by atoms with Crippen molar-refractivity contribution in [2.45, 2.75) is 27.2 Å². The first kappa shape index (κ1) is 28.6. The summed E-state index contributed by atoms with van der Waals surface area (Å²) in [5, 5.41) is 5.29. The molecule has 0 fully saturated rings. The van der Waals surface area contributed by atoms with Crippen molar-refractivity contribution in [3.8, 4) is 16.9 Å². The molecule has 0 saturated heterocycles. The lowest BCUT2D eigenvalue weighted by Crippen LogP contribution is -2.28. The van der Waals surface area contributed by atoms with E-state index in [-0.39, 0.29) is 17.5 Å². The molecule has 4 N–H and O–H groups in total. The van der Waals surface area contributed by atoms with Crippen molar-refractivity contribution in [1.82, 2.24) is 20.3 Å². The molecule has 2 heterocycles. The van der Waals surface area contributed by atoms with Crippen LogP contribution in [0.15, 0.2) is 76.1 Å². The van der Waals surface area contributed by atoms with Gasteiger partial charge in [-0.1, -0.05) is 25.6 Å². The van der Waals surface area contributed by atoms with E-state index in [1.807, 2.05) is 44.2 Å². The van der Waals surface area contributed by atoms with Crippen LogP contribution >= 0.6 is 0 Å². The molecule has 0 aliphatic heterocycles. The minimum absolute atomic E-state index is 0.202. The van der Waals surface area contributed by atoms with Gasteiger partial charge in [0.1, 0.15) is 11.3 Å². The fraction of sp³-hybridized carbons (Fsp3) is 0.207. The molecule has 10 nitrogen and oxygen atoms in total. The molecule has 4 rings (SSSR count). The summed E-state index contributed by atoms with van der Waals surface area (Å²) in [4.78, 5) is 42.2. The normalized spacial score (nSPS) is 10.8. The van der Waals surface area contributed by atoms with E-state index < -0.39 is 0 Å². The summed E-state index contributed by atoms with van der Waals surface area (Å²) < 4.78 is 5.06. The minimum Gasteiger partial charge on any atom is -0.497 e. The number of rotatable bonds is 7. The largest absolute Gasteiger partial charge is 0.497 e. The number of aliphatic imine (C=N–C) groups is 2. The van der Waals surface area contributed by atoms with Crippen LogP contribution < -0.4 is 20.9 Å². The van der Waals surface area contributed by atoms with E-state index in [0.29, 0.717) is 29.0 Å². The molecule has 0 spiro atoms. The minimum atomic E-state index is -0.375. The van der Waals surface area contributed by atoms with Crippen molar-refractivity contribution in [2.75, 3.05) is 19.0 Å². The highest BCUT2D eigenvalue weighted by molar-refractivity contribution is 6.11. The first-order chi connectivity index (χ1) is 18.8. The molecule has 39 heavy (non-hydrogen) atoms.